The molecular weight excluding hydrogens is 409 g/mol. The van der Waals surface area contributed by atoms with Crippen molar-refractivity contribution < 1.29 is 13.9 Å². The molecule has 0 saturated carbocycles. The van der Waals surface area contributed by atoms with Gasteiger partial charge in [0.25, 0.3) is 0 Å². The Hall–Kier alpha value is -3.03. The number of para-hydroxylation sites is 1. The van der Waals surface area contributed by atoms with Crippen molar-refractivity contribution in [2.45, 2.75) is 12.6 Å². The molecule has 1 N–H and O–H groups in total. The highest BCUT2D eigenvalue weighted by Crippen LogP contribution is 2.45. The summed E-state index contributed by atoms with van der Waals surface area (Å²) in [7, 11) is 1.51. The van der Waals surface area contributed by atoms with E-state index in [4.69, 9.17) is 4.74 Å². The molecule has 2 saturated heterocycles. The van der Waals surface area contributed by atoms with E-state index in [9.17, 15) is 14.0 Å². The van der Waals surface area contributed by atoms with Gasteiger partial charge in [-0.25, -0.2) is 4.39 Å². The third-order valence-corrected chi connectivity index (χ3v) is 6.71. The third-order valence-electron chi connectivity index (χ3n) is 6.71. The van der Waals surface area contributed by atoms with Gasteiger partial charge in [-0.1, -0.05) is 24.3 Å². The van der Waals surface area contributed by atoms with Crippen molar-refractivity contribution in [1.29, 1.82) is 0 Å². The van der Waals surface area contributed by atoms with Crippen LogP contribution in [0.25, 0.3) is 10.9 Å². The zero-order valence-corrected chi connectivity index (χ0v) is 18.0. The number of hydrogen-bond donors (Lipinski definition) is 1. The van der Waals surface area contributed by atoms with Gasteiger partial charge in [-0.3, -0.25) is 14.5 Å². The first kappa shape index (κ1) is 20.8. The van der Waals surface area contributed by atoms with E-state index in [0.29, 0.717) is 18.5 Å². The molecule has 0 bridgehead atoms. The molecule has 32 heavy (non-hydrogen) atoms. The van der Waals surface area contributed by atoms with Crippen LogP contribution in [-0.2, 0) is 16.1 Å². The number of pyridine rings is 1. The monoisotopic (exact) mass is 435 g/mol. The van der Waals surface area contributed by atoms with Crippen LogP contribution in [0, 0.1) is 17.7 Å². The topological polar surface area (TPSA) is 65.6 Å². The van der Waals surface area contributed by atoms with Crippen molar-refractivity contribution in [1.82, 2.24) is 14.8 Å². The number of H-pyrrole nitrogens is 1. The summed E-state index contributed by atoms with van der Waals surface area (Å²) in [5, 5.41) is 0.688. The lowest BCUT2D eigenvalue weighted by Gasteiger charge is -2.30. The summed E-state index contributed by atoms with van der Waals surface area (Å²) < 4.78 is 19.1. The number of nitrogens with zero attached hydrogens (tertiary/aromatic N) is 2. The molecule has 6 nitrogen and oxygen atoms in total. The van der Waals surface area contributed by atoms with E-state index >= 15 is 0 Å². The number of ether oxygens (including phenoxy) is 1. The quantitative estimate of drug-likeness (QED) is 0.669. The number of methoxy groups -OCH3 is 1. The Balaban J connectivity index is 1.39. The first-order chi connectivity index (χ1) is 15.5. The predicted molar refractivity (Wildman–Crippen MR) is 120 cm³/mol. The number of amides is 1. The maximum atomic E-state index is 14.0. The fourth-order valence-electron chi connectivity index (χ4n) is 5.43. The summed E-state index contributed by atoms with van der Waals surface area (Å²) in [6.45, 7) is 2.88. The third kappa shape index (κ3) is 3.82. The number of carbonyl (C=O) groups excluding carboxylic acids is 1. The van der Waals surface area contributed by atoms with E-state index in [1.54, 1.807) is 12.1 Å². The summed E-state index contributed by atoms with van der Waals surface area (Å²) in [4.78, 5) is 32.8. The number of hydrogen-bond acceptors (Lipinski definition) is 4. The zero-order chi connectivity index (χ0) is 22.2. The number of fused-ring (bicyclic) bond motifs is 2. The summed E-state index contributed by atoms with van der Waals surface area (Å²) in [6.07, 6.45) is 0. The lowest BCUT2D eigenvalue weighted by Crippen LogP contribution is -2.37. The van der Waals surface area contributed by atoms with Crippen molar-refractivity contribution in [3.63, 3.8) is 0 Å². The Labute approximate surface area is 185 Å². The minimum atomic E-state index is -0.298. The minimum Gasteiger partial charge on any atom is -0.375 e. The van der Waals surface area contributed by atoms with Gasteiger partial charge in [-0.05, 0) is 35.7 Å². The Morgan fingerprint density at radius 2 is 1.97 bits per heavy atom. The number of benzene rings is 2. The van der Waals surface area contributed by atoms with E-state index in [2.05, 4.69) is 9.88 Å². The zero-order valence-electron chi connectivity index (χ0n) is 18.0. The molecule has 0 unspecified atom stereocenters. The van der Waals surface area contributed by atoms with Crippen molar-refractivity contribution in [3.05, 3.63) is 81.9 Å². The molecule has 166 valence electrons. The number of aromatic amines is 1. The van der Waals surface area contributed by atoms with Crippen LogP contribution in [-0.4, -0.2) is 54.0 Å². The molecular formula is C25H26FN3O3. The number of aromatic nitrogens is 1. The van der Waals surface area contributed by atoms with E-state index in [1.165, 1.54) is 19.2 Å². The molecule has 3 atom stereocenters. The molecule has 3 heterocycles. The molecule has 3 aromatic rings. The smallest absolute Gasteiger partial charge is 0.249 e. The molecule has 7 heteroatoms. The van der Waals surface area contributed by atoms with Crippen LogP contribution in [0.3, 0.4) is 0 Å². The van der Waals surface area contributed by atoms with Crippen molar-refractivity contribution in [2.24, 2.45) is 11.8 Å². The van der Waals surface area contributed by atoms with Crippen molar-refractivity contribution in [3.8, 4) is 0 Å². The van der Waals surface area contributed by atoms with E-state index in [0.717, 1.165) is 29.9 Å². The van der Waals surface area contributed by atoms with Crippen LogP contribution >= 0.6 is 0 Å². The lowest BCUT2D eigenvalue weighted by molar-refractivity contribution is -0.136. The Bertz CT molecular complexity index is 1210. The summed E-state index contributed by atoms with van der Waals surface area (Å²) in [6, 6.07) is 15.6. The van der Waals surface area contributed by atoms with Gasteiger partial charge in [-0.2, -0.15) is 0 Å². The molecule has 2 aliphatic heterocycles. The van der Waals surface area contributed by atoms with Gasteiger partial charge in [0.1, 0.15) is 12.4 Å². The second-order valence-corrected chi connectivity index (χ2v) is 8.80. The number of halogens is 1. The second-order valence-electron chi connectivity index (χ2n) is 8.80. The average Bonchev–Trinajstić information content (AvgIpc) is 3.31. The Morgan fingerprint density at radius 3 is 2.78 bits per heavy atom. The Kier molecular flexibility index (Phi) is 5.53. The standard InChI is InChI=1S/C25H26FN3O3/c1-32-15-24(31)29-12-17-11-28(14-21(17)25(29)16-5-4-6-18(26)9-16)13-19-10-23(30)20-7-2-3-8-22(20)27-19/h2-10,17,21,25H,11-15H2,1H3,(H,27,30)/t17-,21-,25+/m1/s1. The molecule has 1 aromatic heterocycles. The maximum absolute atomic E-state index is 14.0. The van der Waals surface area contributed by atoms with Crippen LogP contribution in [0.1, 0.15) is 17.3 Å². The van der Waals surface area contributed by atoms with E-state index in [-0.39, 0.29) is 41.6 Å². The molecule has 0 spiro atoms. The number of nitrogens with one attached hydrogen (secondary N) is 1. The van der Waals surface area contributed by atoms with E-state index in [1.807, 2.05) is 35.2 Å². The van der Waals surface area contributed by atoms with Crippen molar-refractivity contribution in [2.75, 3.05) is 33.4 Å². The number of rotatable bonds is 5. The number of likely N-dealkylation sites (tertiary alicyclic amines) is 2. The summed E-state index contributed by atoms with van der Waals surface area (Å²) >= 11 is 0. The normalized spacial score (nSPS) is 23.1. The molecule has 1 amide bonds. The van der Waals surface area contributed by atoms with Gasteiger partial charge in [0.2, 0.25) is 5.91 Å². The SMILES string of the molecule is COCC(=O)N1C[C@H]2CN(Cc3cc(=O)c4ccccc4[nH]3)C[C@H]2[C@@H]1c1cccc(F)c1. The van der Waals surface area contributed by atoms with E-state index < -0.39 is 0 Å². The fraction of sp³-hybridized carbons (Fsp3) is 0.360. The second kappa shape index (κ2) is 8.48. The molecule has 5 rings (SSSR count). The summed E-state index contributed by atoms with van der Waals surface area (Å²) in [5.41, 5.74) is 2.55. The highest BCUT2D eigenvalue weighted by Gasteiger charge is 2.49. The molecule has 0 aliphatic carbocycles. The molecule has 2 fully saturated rings. The van der Waals surface area contributed by atoms with Crippen LogP contribution in [0.15, 0.2) is 59.4 Å². The highest BCUT2D eigenvalue weighted by atomic mass is 19.1. The van der Waals surface area contributed by atoms with Crippen LogP contribution < -0.4 is 5.43 Å². The molecule has 0 radical (unpaired) electrons. The predicted octanol–water partition coefficient (Wildman–Crippen LogP) is 2.95. The van der Waals surface area contributed by atoms with Gasteiger partial charge in [0, 0.05) is 61.9 Å². The average molecular weight is 435 g/mol. The largest absolute Gasteiger partial charge is 0.375 e. The van der Waals surface area contributed by atoms with Gasteiger partial charge in [-0.15, -0.1) is 0 Å². The molecule has 2 aliphatic rings. The van der Waals surface area contributed by atoms with Gasteiger partial charge in [0.05, 0.1) is 6.04 Å². The Morgan fingerprint density at radius 1 is 1.12 bits per heavy atom. The first-order valence-electron chi connectivity index (χ1n) is 10.9. The number of carbonyl (C=O) groups is 1. The maximum Gasteiger partial charge on any atom is 0.249 e. The van der Waals surface area contributed by atoms with Crippen molar-refractivity contribution >= 4 is 16.8 Å². The lowest BCUT2D eigenvalue weighted by atomic mass is 9.89. The van der Waals surface area contributed by atoms with Gasteiger partial charge in [0.15, 0.2) is 5.43 Å². The summed E-state index contributed by atoms with van der Waals surface area (Å²) in [5.74, 6) is 0.122. The minimum absolute atomic E-state index is 0.0164. The fourth-order valence-corrected chi connectivity index (χ4v) is 5.43. The first-order valence-corrected chi connectivity index (χ1v) is 10.9. The van der Waals surface area contributed by atoms with Gasteiger partial charge >= 0.3 is 0 Å². The van der Waals surface area contributed by atoms with Gasteiger partial charge < -0.3 is 14.6 Å². The van der Waals surface area contributed by atoms with Crippen LogP contribution in [0.2, 0.25) is 0 Å². The van der Waals surface area contributed by atoms with Crippen LogP contribution in [0.4, 0.5) is 4.39 Å². The van der Waals surface area contributed by atoms with Crippen LogP contribution in [0.5, 0.6) is 0 Å². The highest BCUT2D eigenvalue weighted by molar-refractivity contribution is 5.79. The molecule has 2 aromatic carbocycles.